The quantitative estimate of drug-likeness (QED) is 0.421. The average Bonchev–Trinajstić information content (AvgIpc) is 2.17. The molecule has 104 valence electrons. The molecule has 11 heteroatoms. The van der Waals surface area contributed by atoms with Crippen molar-refractivity contribution in [3.05, 3.63) is 0 Å². The van der Waals surface area contributed by atoms with Gasteiger partial charge in [0, 0.05) is 6.42 Å². The predicted octanol–water partition coefficient (Wildman–Crippen LogP) is 0.386. The first-order chi connectivity index (χ1) is 8.19. The summed E-state index contributed by atoms with van der Waals surface area (Å²) in [5.74, 6) is 0. The van der Waals surface area contributed by atoms with Crippen molar-refractivity contribution in [2.45, 2.75) is 24.5 Å². The van der Waals surface area contributed by atoms with E-state index in [4.69, 9.17) is 14.9 Å². The molecule has 4 N–H and O–H groups in total. The summed E-state index contributed by atoms with van der Waals surface area (Å²) in [7, 11) is -5.15. The second-order valence-electron chi connectivity index (χ2n) is 3.45. The number of hydrogen-bond donors (Lipinski definition) is 4. The highest BCUT2D eigenvalue weighted by molar-refractivity contribution is 7.53. The molecule has 1 fully saturated rings. The Hall–Kier alpha value is -1.35. The molecule has 10 nitrogen and oxygen atoms in total. The lowest BCUT2D eigenvalue weighted by Crippen LogP contribution is -2.52. The summed E-state index contributed by atoms with van der Waals surface area (Å²) in [5, 5.41) is 14.3. The average molecular weight is 286 g/mol. The van der Waals surface area contributed by atoms with Crippen LogP contribution < -0.4 is 0 Å². The Morgan fingerprint density at radius 1 is 1.28 bits per heavy atom. The first-order valence-electron chi connectivity index (χ1n) is 4.68. The van der Waals surface area contributed by atoms with Crippen LogP contribution in [0.5, 0.6) is 0 Å². The van der Waals surface area contributed by atoms with Crippen LogP contribution in [0.25, 0.3) is 0 Å². The van der Waals surface area contributed by atoms with Crippen LogP contribution in [-0.2, 0) is 18.8 Å². The van der Waals surface area contributed by atoms with Crippen LogP contribution in [0, 0.1) is 0 Å². The van der Waals surface area contributed by atoms with E-state index in [1.54, 1.807) is 0 Å². The Morgan fingerprint density at radius 2 is 1.89 bits per heavy atom. The van der Waals surface area contributed by atoms with Gasteiger partial charge in [-0.1, -0.05) is 0 Å². The van der Waals surface area contributed by atoms with Gasteiger partial charge in [0.25, 0.3) is 11.6 Å². The summed E-state index contributed by atoms with van der Waals surface area (Å²) in [4.78, 5) is 39.3. The van der Waals surface area contributed by atoms with Crippen LogP contribution in [0.2, 0.25) is 0 Å². The Labute approximate surface area is 100 Å². The second-order valence-corrected chi connectivity index (χ2v) is 5.29. The molecule has 1 aliphatic heterocycles. The number of hydrogen-bond acceptors (Lipinski definition) is 6. The Morgan fingerprint density at radius 3 is 2.33 bits per heavy atom. The fourth-order valence-corrected chi connectivity index (χ4v) is 2.62. The molecular weight excluding hydrogens is 275 g/mol. The highest BCUT2D eigenvalue weighted by Gasteiger charge is 2.61. The van der Waals surface area contributed by atoms with Gasteiger partial charge < -0.3 is 34.2 Å². The minimum absolute atomic E-state index is 0.0390. The summed E-state index contributed by atoms with van der Waals surface area (Å²) >= 11 is 0. The molecule has 0 aromatic carbocycles. The Balaban J connectivity index is 3.13. The van der Waals surface area contributed by atoms with Crippen molar-refractivity contribution >= 4 is 19.9 Å². The standard InChI is InChI=1S/C7H11O10P/c8-5(9)16-4-7(17-6(10)11,18(12,13)14)2-1-3-15-4/h4H,1-3H2,(H,8,9)(H,10,11)(H2,12,13,14). The summed E-state index contributed by atoms with van der Waals surface area (Å²) in [6.45, 7) is -0.0390. The number of carbonyl (C=O) groups is 2. The molecular formula is C7H11O10P. The lowest BCUT2D eigenvalue weighted by molar-refractivity contribution is -0.218. The highest BCUT2D eigenvalue weighted by atomic mass is 31.2. The molecule has 1 saturated heterocycles. The number of carboxylic acid groups (broad SMARTS) is 2. The van der Waals surface area contributed by atoms with Crippen LogP contribution in [0.3, 0.4) is 0 Å². The molecule has 0 aliphatic carbocycles. The molecule has 0 amide bonds. The van der Waals surface area contributed by atoms with E-state index in [0.29, 0.717) is 0 Å². The van der Waals surface area contributed by atoms with Crippen molar-refractivity contribution in [2.24, 2.45) is 0 Å². The van der Waals surface area contributed by atoms with E-state index in [1.807, 2.05) is 0 Å². The van der Waals surface area contributed by atoms with Gasteiger partial charge >= 0.3 is 19.9 Å². The van der Waals surface area contributed by atoms with E-state index in [2.05, 4.69) is 9.47 Å². The van der Waals surface area contributed by atoms with Gasteiger partial charge in [0.1, 0.15) is 0 Å². The van der Waals surface area contributed by atoms with E-state index in [1.165, 1.54) is 0 Å². The van der Waals surface area contributed by atoms with Crippen molar-refractivity contribution < 1.29 is 48.4 Å². The summed E-state index contributed by atoms with van der Waals surface area (Å²) < 4.78 is 24.5. The zero-order chi connectivity index (χ0) is 14.0. The third-order valence-corrected chi connectivity index (χ3v) is 3.79. The molecule has 2 unspecified atom stereocenters. The molecule has 0 bridgehead atoms. The third-order valence-electron chi connectivity index (χ3n) is 2.28. The third kappa shape index (κ3) is 2.91. The Bertz CT molecular complexity index is 388. The zero-order valence-electron chi connectivity index (χ0n) is 8.88. The molecule has 1 heterocycles. The van der Waals surface area contributed by atoms with Crippen LogP contribution in [0.1, 0.15) is 12.8 Å². The number of ether oxygens (including phenoxy) is 3. The SMILES string of the molecule is O=C(O)OC1OCCCC1(OC(=O)O)P(=O)(O)O. The largest absolute Gasteiger partial charge is 0.508 e. The Kier molecular flexibility index (Phi) is 4.17. The van der Waals surface area contributed by atoms with Crippen LogP contribution in [0.4, 0.5) is 9.59 Å². The molecule has 1 rings (SSSR count). The van der Waals surface area contributed by atoms with E-state index in [-0.39, 0.29) is 13.0 Å². The van der Waals surface area contributed by atoms with Crippen molar-refractivity contribution in [1.82, 2.24) is 0 Å². The minimum Gasteiger partial charge on any atom is -0.450 e. The maximum Gasteiger partial charge on any atom is 0.508 e. The summed E-state index contributed by atoms with van der Waals surface area (Å²) in [6, 6.07) is 0. The molecule has 18 heavy (non-hydrogen) atoms. The highest BCUT2D eigenvalue weighted by Crippen LogP contribution is 2.58. The van der Waals surface area contributed by atoms with Gasteiger partial charge in [-0.3, -0.25) is 4.57 Å². The van der Waals surface area contributed by atoms with Crippen LogP contribution >= 0.6 is 7.60 Å². The second kappa shape index (κ2) is 5.11. The van der Waals surface area contributed by atoms with Gasteiger partial charge in [-0.15, -0.1) is 0 Å². The fourth-order valence-electron chi connectivity index (χ4n) is 1.57. The molecule has 2 atom stereocenters. The smallest absolute Gasteiger partial charge is 0.450 e. The topological polar surface area (TPSA) is 160 Å². The first kappa shape index (κ1) is 14.7. The molecule has 0 spiro atoms. The summed E-state index contributed by atoms with van der Waals surface area (Å²) in [6.07, 6.45) is -6.18. The zero-order valence-corrected chi connectivity index (χ0v) is 9.78. The van der Waals surface area contributed by atoms with Crippen molar-refractivity contribution in [1.29, 1.82) is 0 Å². The monoisotopic (exact) mass is 286 g/mol. The molecule has 0 aromatic heterocycles. The van der Waals surface area contributed by atoms with Gasteiger partial charge in [-0.25, -0.2) is 9.59 Å². The van der Waals surface area contributed by atoms with Gasteiger partial charge in [0.15, 0.2) is 0 Å². The van der Waals surface area contributed by atoms with E-state index < -0.39 is 38.0 Å². The van der Waals surface area contributed by atoms with Crippen molar-refractivity contribution in [3.8, 4) is 0 Å². The molecule has 0 radical (unpaired) electrons. The lowest BCUT2D eigenvalue weighted by atomic mass is 10.1. The molecule has 1 aliphatic rings. The maximum atomic E-state index is 11.4. The van der Waals surface area contributed by atoms with E-state index in [9.17, 15) is 23.9 Å². The van der Waals surface area contributed by atoms with Gasteiger partial charge in [0.2, 0.25) is 0 Å². The van der Waals surface area contributed by atoms with Crippen molar-refractivity contribution in [3.63, 3.8) is 0 Å². The van der Waals surface area contributed by atoms with Crippen molar-refractivity contribution in [2.75, 3.05) is 6.61 Å². The fraction of sp³-hybridized carbons (Fsp3) is 0.714. The lowest BCUT2D eigenvalue weighted by Gasteiger charge is -2.40. The van der Waals surface area contributed by atoms with Gasteiger partial charge in [-0.05, 0) is 6.42 Å². The predicted molar refractivity (Wildman–Crippen MR) is 52.0 cm³/mol. The van der Waals surface area contributed by atoms with E-state index in [0.717, 1.165) is 0 Å². The first-order valence-corrected chi connectivity index (χ1v) is 6.29. The maximum absolute atomic E-state index is 11.4. The van der Waals surface area contributed by atoms with E-state index >= 15 is 0 Å². The van der Waals surface area contributed by atoms with Crippen LogP contribution in [-0.4, -0.2) is 50.5 Å². The number of rotatable bonds is 3. The normalized spacial score (nSPS) is 28.4. The summed E-state index contributed by atoms with van der Waals surface area (Å²) in [5.41, 5.74) is 0. The van der Waals surface area contributed by atoms with Gasteiger partial charge in [-0.2, -0.15) is 0 Å². The van der Waals surface area contributed by atoms with Gasteiger partial charge in [0.05, 0.1) is 6.61 Å². The molecule has 0 aromatic rings. The minimum atomic E-state index is -5.15. The molecule has 0 saturated carbocycles. The van der Waals surface area contributed by atoms with Crippen LogP contribution in [0.15, 0.2) is 0 Å².